The number of nitrogens with two attached hydrogens (primary N) is 1. The van der Waals surface area contributed by atoms with Gasteiger partial charge >= 0.3 is 0 Å². The zero-order valence-corrected chi connectivity index (χ0v) is 13.1. The van der Waals surface area contributed by atoms with E-state index in [1.807, 2.05) is 19.1 Å². The third kappa shape index (κ3) is 4.13. The summed E-state index contributed by atoms with van der Waals surface area (Å²) < 4.78 is 0. The van der Waals surface area contributed by atoms with E-state index in [4.69, 9.17) is 5.73 Å². The summed E-state index contributed by atoms with van der Waals surface area (Å²) >= 11 is 0. The highest BCUT2D eigenvalue weighted by Gasteiger charge is 2.21. The zero-order chi connectivity index (χ0) is 15.2. The van der Waals surface area contributed by atoms with E-state index in [1.54, 1.807) is 6.07 Å². The van der Waals surface area contributed by atoms with Gasteiger partial charge < -0.3 is 16.4 Å². The Morgan fingerprint density at radius 2 is 2.05 bits per heavy atom. The number of carbonyl (C=O) groups is 1. The Hall–Kier alpha value is -1.71. The number of carbonyl (C=O) groups excluding carboxylic acids is 1. The summed E-state index contributed by atoms with van der Waals surface area (Å²) in [5.41, 5.74) is 8.13. The minimum absolute atomic E-state index is 0.0405. The predicted molar refractivity (Wildman–Crippen MR) is 88.5 cm³/mol. The van der Waals surface area contributed by atoms with Crippen LogP contribution < -0.4 is 16.4 Å². The second-order valence-electron chi connectivity index (χ2n) is 6.03. The molecule has 21 heavy (non-hydrogen) atoms. The Labute approximate surface area is 127 Å². The van der Waals surface area contributed by atoms with E-state index in [2.05, 4.69) is 17.6 Å². The molecule has 1 fully saturated rings. The molecule has 0 aliphatic heterocycles. The molecule has 0 saturated heterocycles. The zero-order valence-electron chi connectivity index (χ0n) is 13.1. The Morgan fingerprint density at radius 3 is 2.81 bits per heavy atom. The van der Waals surface area contributed by atoms with Crippen LogP contribution in [0.4, 0.5) is 11.4 Å². The Kier molecular flexibility index (Phi) is 5.48. The Balaban J connectivity index is 2.20. The fourth-order valence-corrected chi connectivity index (χ4v) is 3.04. The number of benzene rings is 1. The lowest BCUT2D eigenvalue weighted by Crippen LogP contribution is -2.29. The highest BCUT2D eigenvalue weighted by molar-refractivity contribution is 6.00. The van der Waals surface area contributed by atoms with E-state index >= 15 is 0 Å². The Bertz CT molecular complexity index is 487. The van der Waals surface area contributed by atoms with Gasteiger partial charge in [-0.05, 0) is 43.9 Å². The molecule has 1 aliphatic rings. The average Bonchev–Trinajstić information content (AvgIpc) is 2.64. The van der Waals surface area contributed by atoms with Crippen LogP contribution >= 0.6 is 0 Å². The SMILES string of the molecule is CCNC(=O)c1ccc(N)cc1NC1CCCCCC1C. The summed E-state index contributed by atoms with van der Waals surface area (Å²) in [4.78, 5) is 12.2. The molecule has 2 unspecified atom stereocenters. The molecule has 0 spiro atoms. The quantitative estimate of drug-likeness (QED) is 0.588. The van der Waals surface area contributed by atoms with Crippen LogP contribution in [-0.4, -0.2) is 18.5 Å². The summed E-state index contributed by atoms with van der Waals surface area (Å²) in [6, 6.07) is 5.89. The molecular formula is C17H27N3O. The molecule has 4 N–H and O–H groups in total. The van der Waals surface area contributed by atoms with Gasteiger partial charge in [-0.25, -0.2) is 0 Å². The van der Waals surface area contributed by atoms with E-state index in [0.29, 0.717) is 29.8 Å². The van der Waals surface area contributed by atoms with Crippen LogP contribution in [-0.2, 0) is 0 Å². The fraction of sp³-hybridized carbons (Fsp3) is 0.588. The van der Waals surface area contributed by atoms with Gasteiger partial charge in [-0.1, -0.05) is 26.2 Å². The van der Waals surface area contributed by atoms with Crippen molar-refractivity contribution in [1.82, 2.24) is 5.32 Å². The maximum absolute atomic E-state index is 12.2. The summed E-state index contributed by atoms with van der Waals surface area (Å²) in [7, 11) is 0. The van der Waals surface area contributed by atoms with Gasteiger partial charge in [-0.2, -0.15) is 0 Å². The summed E-state index contributed by atoms with van der Waals surface area (Å²) in [6.07, 6.45) is 6.27. The standard InChI is InChI=1S/C17H27N3O/c1-3-19-17(21)14-10-9-13(18)11-16(14)20-15-8-6-4-5-7-12(15)2/h9-12,15,20H,3-8,18H2,1-2H3,(H,19,21). The lowest BCUT2D eigenvalue weighted by atomic mass is 9.96. The second kappa shape index (κ2) is 7.34. The van der Waals surface area contributed by atoms with Gasteiger partial charge in [0.15, 0.2) is 0 Å². The maximum atomic E-state index is 12.2. The highest BCUT2D eigenvalue weighted by Crippen LogP contribution is 2.28. The number of hydrogen-bond donors (Lipinski definition) is 3. The van der Waals surface area contributed by atoms with Gasteiger partial charge in [0.05, 0.1) is 5.56 Å². The number of nitrogen functional groups attached to an aromatic ring is 1. The van der Waals surface area contributed by atoms with E-state index in [9.17, 15) is 4.79 Å². The molecule has 2 atom stereocenters. The molecule has 2 rings (SSSR count). The third-order valence-electron chi connectivity index (χ3n) is 4.33. The first-order valence-corrected chi connectivity index (χ1v) is 8.06. The summed E-state index contributed by atoms with van der Waals surface area (Å²) in [5, 5.41) is 6.44. The van der Waals surface area contributed by atoms with Crippen molar-refractivity contribution in [2.75, 3.05) is 17.6 Å². The van der Waals surface area contributed by atoms with Crippen molar-refractivity contribution >= 4 is 17.3 Å². The number of rotatable bonds is 4. The normalized spacial score (nSPS) is 22.4. The highest BCUT2D eigenvalue weighted by atomic mass is 16.1. The van der Waals surface area contributed by atoms with Gasteiger partial charge in [-0.15, -0.1) is 0 Å². The van der Waals surface area contributed by atoms with Gasteiger partial charge in [0.1, 0.15) is 0 Å². The molecular weight excluding hydrogens is 262 g/mol. The first-order chi connectivity index (χ1) is 10.1. The lowest BCUT2D eigenvalue weighted by Gasteiger charge is -2.25. The van der Waals surface area contributed by atoms with Crippen LogP contribution in [0.3, 0.4) is 0 Å². The van der Waals surface area contributed by atoms with E-state index in [0.717, 1.165) is 12.1 Å². The minimum atomic E-state index is -0.0405. The average molecular weight is 289 g/mol. The molecule has 0 aromatic heterocycles. The third-order valence-corrected chi connectivity index (χ3v) is 4.33. The van der Waals surface area contributed by atoms with Gasteiger partial charge in [0.25, 0.3) is 5.91 Å². The molecule has 1 amide bonds. The van der Waals surface area contributed by atoms with Crippen molar-refractivity contribution < 1.29 is 4.79 Å². The number of hydrogen-bond acceptors (Lipinski definition) is 3. The first kappa shape index (κ1) is 15.7. The first-order valence-electron chi connectivity index (χ1n) is 8.06. The summed E-state index contributed by atoms with van der Waals surface area (Å²) in [5.74, 6) is 0.581. The van der Waals surface area contributed by atoms with Gasteiger partial charge in [-0.3, -0.25) is 4.79 Å². The summed E-state index contributed by atoms with van der Waals surface area (Å²) in [6.45, 7) is 4.85. The van der Waals surface area contributed by atoms with Crippen LogP contribution in [0.2, 0.25) is 0 Å². The van der Waals surface area contributed by atoms with Crippen LogP contribution in [0.15, 0.2) is 18.2 Å². The molecule has 1 aromatic carbocycles. The molecule has 4 heteroatoms. The van der Waals surface area contributed by atoms with E-state index in [-0.39, 0.29) is 5.91 Å². The number of amides is 1. The van der Waals surface area contributed by atoms with Crippen molar-refractivity contribution in [3.05, 3.63) is 23.8 Å². The van der Waals surface area contributed by atoms with Crippen LogP contribution in [0, 0.1) is 5.92 Å². The second-order valence-corrected chi connectivity index (χ2v) is 6.03. The van der Waals surface area contributed by atoms with Gasteiger partial charge in [0, 0.05) is 24.0 Å². The predicted octanol–water partition coefficient (Wildman–Crippen LogP) is 3.40. The van der Waals surface area contributed by atoms with Crippen molar-refractivity contribution in [2.45, 2.75) is 52.0 Å². The largest absolute Gasteiger partial charge is 0.399 e. The number of anilines is 2. The minimum Gasteiger partial charge on any atom is -0.399 e. The molecule has 0 heterocycles. The van der Waals surface area contributed by atoms with E-state index in [1.165, 1.54) is 25.7 Å². The lowest BCUT2D eigenvalue weighted by molar-refractivity contribution is 0.0956. The molecule has 4 nitrogen and oxygen atoms in total. The molecule has 1 aromatic rings. The number of nitrogens with one attached hydrogen (secondary N) is 2. The topological polar surface area (TPSA) is 67.2 Å². The molecule has 0 bridgehead atoms. The van der Waals surface area contributed by atoms with Crippen molar-refractivity contribution in [1.29, 1.82) is 0 Å². The fourth-order valence-electron chi connectivity index (χ4n) is 3.04. The van der Waals surface area contributed by atoms with E-state index < -0.39 is 0 Å². The van der Waals surface area contributed by atoms with Crippen molar-refractivity contribution in [2.24, 2.45) is 5.92 Å². The van der Waals surface area contributed by atoms with Gasteiger partial charge in [0.2, 0.25) is 0 Å². The van der Waals surface area contributed by atoms with Crippen molar-refractivity contribution in [3.8, 4) is 0 Å². The van der Waals surface area contributed by atoms with Crippen molar-refractivity contribution in [3.63, 3.8) is 0 Å². The Morgan fingerprint density at radius 1 is 1.29 bits per heavy atom. The molecule has 1 saturated carbocycles. The molecule has 0 radical (unpaired) electrons. The smallest absolute Gasteiger partial charge is 0.253 e. The molecule has 1 aliphatic carbocycles. The van der Waals surface area contributed by atoms with Crippen LogP contribution in [0.5, 0.6) is 0 Å². The monoisotopic (exact) mass is 289 g/mol. The van der Waals surface area contributed by atoms with Crippen LogP contribution in [0.1, 0.15) is 56.3 Å². The maximum Gasteiger partial charge on any atom is 0.253 e. The van der Waals surface area contributed by atoms with Crippen LogP contribution in [0.25, 0.3) is 0 Å². The molecule has 116 valence electrons.